The van der Waals surface area contributed by atoms with E-state index in [1.165, 1.54) is 12.0 Å². The number of aryl methyl sites for hydroxylation is 1. The van der Waals surface area contributed by atoms with Crippen LogP contribution in [0.15, 0.2) is 42.7 Å². The highest BCUT2D eigenvalue weighted by molar-refractivity contribution is 5.94. The molecule has 2 aliphatic rings. The van der Waals surface area contributed by atoms with Crippen LogP contribution in [0.5, 0.6) is 0 Å². The van der Waals surface area contributed by atoms with Gasteiger partial charge < -0.3 is 10.2 Å². The number of rotatable bonds is 2. The lowest BCUT2D eigenvalue weighted by Crippen LogP contribution is -2.45. The fourth-order valence-electron chi connectivity index (χ4n) is 4.14. The number of likely N-dealkylation sites (tertiary alicyclic amines) is 1. The summed E-state index contributed by atoms with van der Waals surface area (Å²) in [5, 5.41) is 7.93. The summed E-state index contributed by atoms with van der Waals surface area (Å²) in [4.78, 5) is 15.1. The second-order valence-electron chi connectivity index (χ2n) is 6.94. The van der Waals surface area contributed by atoms with Crippen molar-refractivity contribution >= 4 is 5.91 Å². The highest BCUT2D eigenvalue weighted by atomic mass is 16.2. The fourth-order valence-corrected chi connectivity index (χ4v) is 4.14. The standard InChI is InChI=1S/C19H24N4O/c1-22-13-15(12-20-22)19(24)23-10-6-5-9-16-18(23)11-17(21-16)14-7-3-2-4-8-14/h2-4,7-8,12-13,16-18,21H,5-6,9-11H2,1H3/t16-,17-,18+/m0/s1. The Morgan fingerprint density at radius 3 is 2.83 bits per heavy atom. The number of nitrogens with one attached hydrogen (secondary N) is 1. The highest BCUT2D eigenvalue weighted by Gasteiger charge is 2.40. The van der Waals surface area contributed by atoms with Crippen molar-refractivity contribution in [2.24, 2.45) is 7.05 Å². The first kappa shape index (κ1) is 15.4. The van der Waals surface area contributed by atoms with E-state index >= 15 is 0 Å². The number of aromatic nitrogens is 2. The topological polar surface area (TPSA) is 50.2 Å². The lowest BCUT2D eigenvalue weighted by Gasteiger charge is -2.30. The van der Waals surface area contributed by atoms with Gasteiger partial charge in [0.15, 0.2) is 0 Å². The van der Waals surface area contributed by atoms with Crippen molar-refractivity contribution < 1.29 is 4.79 Å². The van der Waals surface area contributed by atoms with E-state index in [2.05, 4.69) is 45.6 Å². The molecule has 2 aromatic rings. The minimum atomic E-state index is 0.121. The Morgan fingerprint density at radius 2 is 2.08 bits per heavy atom. The third-order valence-corrected chi connectivity index (χ3v) is 5.34. The number of carbonyl (C=O) groups is 1. The van der Waals surface area contributed by atoms with Crippen LogP contribution in [0.4, 0.5) is 0 Å². The molecule has 4 rings (SSSR count). The van der Waals surface area contributed by atoms with Gasteiger partial charge in [-0.15, -0.1) is 0 Å². The molecule has 0 unspecified atom stereocenters. The van der Waals surface area contributed by atoms with Crippen molar-refractivity contribution in [1.82, 2.24) is 20.0 Å². The van der Waals surface area contributed by atoms with Crippen LogP contribution < -0.4 is 5.32 Å². The highest BCUT2D eigenvalue weighted by Crippen LogP contribution is 2.34. The number of hydrogen-bond acceptors (Lipinski definition) is 3. The average Bonchev–Trinajstić information content (AvgIpc) is 3.17. The maximum atomic E-state index is 13.0. The summed E-state index contributed by atoms with van der Waals surface area (Å²) < 4.78 is 1.70. The lowest BCUT2D eigenvalue weighted by atomic mass is 10.0. The van der Waals surface area contributed by atoms with Gasteiger partial charge in [0.25, 0.3) is 5.91 Å². The average molecular weight is 324 g/mol. The van der Waals surface area contributed by atoms with Crippen LogP contribution in [0, 0.1) is 0 Å². The molecule has 0 bridgehead atoms. The first-order valence-electron chi connectivity index (χ1n) is 8.83. The van der Waals surface area contributed by atoms with Crippen LogP contribution in [0.1, 0.15) is 47.6 Å². The lowest BCUT2D eigenvalue weighted by molar-refractivity contribution is 0.0677. The van der Waals surface area contributed by atoms with Crippen molar-refractivity contribution in [2.75, 3.05) is 6.54 Å². The summed E-state index contributed by atoms with van der Waals surface area (Å²) in [6.45, 7) is 0.845. The maximum absolute atomic E-state index is 13.0. The summed E-state index contributed by atoms with van der Waals surface area (Å²) >= 11 is 0. The largest absolute Gasteiger partial charge is 0.334 e. The monoisotopic (exact) mass is 324 g/mol. The van der Waals surface area contributed by atoms with Gasteiger partial charge >= 0.3 is 0 Å². The molecule has 0 radical (unpaired) electrons. The summed E-state index contributed by atoms with van der Waals surface area (Å²) in [5.41, 5.74) is 2.01. The van der Waals surface area contributed by atoms with Gasteiger partial charge in [-0.05, 0) is 24.8 Å². The quantitative estimate of drug-likeness (QED) is 0.923. The first-order chi connectivity index (χ1) is 11.7. The van der Waals surface area contributed by atoms with Gasteiger partial charge in [-0.2, -0.15) is 5.10 Å². The van der Waals surface area contributed by atoms with E-state index < -0.39 is 0 Å². The Bertz CT molecular complexity index is 711. The number of nitrogens with zero attached hydrogens (tertiary/aromatic N) is 3. The molecule has 1 aromatic heterocycles. The van der Waals surface area contributed by atoms with Gasteiger partial charge in [-0.3, -0.25) is 9.48 Å². The predicted octanol–water partition coefficient (Wildman–Crippen LogP) is 2.52. The third-order valence-electron chi connectivity index (χ3n) is 5.34. The van der Waals surface area contributed by atoms with Crippen molar-refractivity contribution in [1.29, 1.82) is 0 Å². The van der Waals surface area contributed by atoms with Crippen molar-refractivity contribution in [3.05, 3.63) is 53.9 Å². The van der Waals surface area contributed by atoms with Gasteiger partial charge in [0.2, 0.25) is 0 Å². The molecule has 3 heterocycles. The van der Waals surface area contributed by atoms with E-state index in [0.29, 0.717) is 17.6 Å². The van der Waals surface area contributed by atoms with Crippen molar-refractivity contribution in [3.63, 3.8) is 0 Å². The molecule has 0 aliphatic carbocycles. The van der Waals surface area contributed by atoms with Gasteiger partial charge in [0, 0.05) is 37.9 Å². The van der Waals surface area contributed by atoms with Crippen LogP contribution in [-0.2, 0) is 7.05 Å². The summed E-state index contributed by atoms with van der Waals surface area (Å²) in [7, 11) is 1.85. The normalized spacial score (nSPS) is 26.9. The smallest absolute Gasteiger partial charge is 0.257 e. The fraction of sp³-hybridized carbons (Fsp3) is 0.474. The molecule has 1 aromatic carbocycles. The second kappa shape index (κ2) is 6.40. The van der Waals surface area contributed by atoms with E-state index in [1.54, 1.807) is 10.9 Å². The molecule has 5 nitrogen and oxygen atoms in total. The zero-order valence-electron chi connectivity index (χ0n) is 14.1. The van der Waals surface area contributed by atoms with Crippen LogP contribution in [0.3, 0.4) is 0 Å². The van der Waals surface area contributed by atoms with Crippen molar-refractivity contribution in [2.45, 2.75) is 43.8 Å². The predicted molar refractivity (Wildman–Crippen MR) is 92.6 cm³/mol. The number of amides is 1. The molecular weight excluding hydrogens is 300 g/mol. The summed E-state index contributed by atoms with van der Waals surface area (Å²) in [5.74, 6) is 0.121. The molecule has 2 aliphatic heterocycles. The number of carbonyl (C=O) groups excluding carboxylic acids is 1. The van der Waals surface area contributed by atoms with E-state index in [1.807, 2.05) is 13.2 Å². The Hall–Kier alpha value is -2.14. The molecule has 0 spiro atoms. The van der Waals surface area contributed by atoms with Gasteiger partial charge in [-0.25, -0.2) is 0 Å². The molecule has 1 N–H and O–H groups in total. The van der Waals surface area contributed by atoms with Crippen LogP contribution in [0.25, 0.3) is 0 Å². The van der Waals surface area contributed by atoms with Crippen LogP contribution in [-0.4, -0.2) is 39.2 Å². The van der Waals surface area contributed by atoms with Gasteiger partial charge in [0.1, 0.15) is 0 Å². The third kappa shape index (κ3) is 2.84. The molecule has 126 valence electrons. The zero-order valence-corrected chi connectivity index (χ0v) is 14.1. The summed E-state index contributed by atoms with van der Waals surface area (Å²) in [6, 6.07) is 11.6. The van der Waals surface area contributed by atoms with E-state index in [-0.39, 0.29) is 11.9 Å². The molecule has 3 atom stereocenters. The van der Waals surface area contributed by atoms with Crippen LogP contribution in [0.2, 0.25) is 0 Å². The first-order valence-corrected chi connectivity index (χ1v) is 8.83. The molecule has 24 heavy (non-hydrogen) atoms. The number of hydrogen-bond donors (Lipinski definition) is 1. The van der Waals surface area contributed by atoms with Crippen molar-refractivity contribution in [3.8, 4) is 0 Å². The molecule has 1 amide bonds. The molecule has 5 heteroatoms. The Morgan fingerprint density at radius 1 is 1.25 bits per heavy atom. The number of fused-ring (bicyclic) bond motifs is 1. The maximum Gasteiger partial charge on any atom is 0.257 e. The van der Waals surface area contributed by atoms with Crippen LogP contribution >= 0.6 is 0 Å². The minimum Gasteiger partial charge on any atom is -0.334 e. The molecule has 0 saturated carbocycles. The SMILES string of the molecule is Cn1cc(C(=O)N2CCCC[C@@H]3N[C@H](c4ccccc4)C[C@H]32)cn1. The minimum absolute atomic E-state index is 0.121. The number of benzene rings is 1. The molecule has 2 fully saturated rings. The van der Waals surface area contributed by atoms with Gasteiger partial charge in [0.05, 0.1) is 11.8 Å². The van der Waals surface area contributed by atoms with E-state index in [0.717, 1.165) is 25.8 Å². The Labute approximate surface area is 142 Å². The Balaban J connectivity index is 1.57. The van der Waals surface area contributed by atoms with Gasteiger partial charge in [-0.1, -0.05) is 36.8 Å². The molecule has 2 saturated heterocycles. The van der Waals surface area contributed by atoms with E-state index in [9.17, 15) is 4.79 Å². The second-order valence-corrected chi connectivity index (χ2v) is 6.94. The molecular formula is C19H24N4O. The van der Waals surface area contributed by atoms with E-state index in [4.69, 9.17) is 0 Å². The Kier molecular flexibility index (Phi) is 4.10. The summed E-state index contributed by atoms with van der Waals surface area (Å²) in [6.07, 6.45) is 7.88. The zero-order chi connectivity index (χ0) is 16.5.